The van der Waals surface area contributed by atoms with E-state index in [9.17, 15) is 5.11 Å². The fraction of sp³-hybridized carbons (Fsp3) is 0.231. The molecule has 0 atom stereocenters. The monoisotopic (exact) mass is 384 g/mol. The highest BCUT2D eigenvalue weighted by Crippen LogP contribution is 2.34. The predicted octanol–water partition coefficient (Wildman–Crippen LogP) is 6.14. The standard InChI is InChI=1S/C26H28N2O/c1-16-6-10-18(11-7-16)23(27)21-14-20(26(3,4)5)15-22(25(21)29)24(28)19-12-8-17(2)9-13-19/h6-15,27-29H,1-5H3. The summed E-state index contributed by atoms with van der Waals surface area (Å²) >= 11 is 0. The summed E-state index contributed by atoms with van der Waals surface area (Å²) in [4.78, 5) is 0. The summed E-state index contributed by atoms with van der Waals surface area (Å²) < 4.78 is 0. The van der Waals surface area contributed by atoms with Crippen LogP contribution in [0.2, 0.25) is 0 Å². The van der Waals surface area contributed by atoms with Crippen LogP contribution in [0.15, 0.2) is 60.7 Å². The SMILES string of the molecule is Cc1ccc(C(=N)c2cc(C(C)(C)C)cc(C(=N)c3ccc(C)cc3)c2O)cc1. The van der Waals surface area contributed by atoms with Crippen molar-refractivity contribution in [3.63, 3.8) is 0 Å². The summed E-state index contributed by atoms with van der Waals surface area (Å²) in [5, 5.41) is 28.5. The number of aromatic hydroxyl groups is 1. The summed E-state index contributed by atoms with van der Waals surface area (Å²) in [5.41, 5.74) is 5.94. The topological polar surface area (TPSA) is 67.9 Å². The molecule has 0 saturated carbocycles. The van der Waals surface area contributed by atoms with Crippen LogP contribution in [0, 0.1) is 24.7 Å². The smallest absolute Gasteiger partial charge is 0.134 e. The average Bonchev–Trinajstić information content (AvgIpc) is 2.67. The Hall–Kier alpha value is -3.20. The Morgan fingerprint density at radius 3 is 1.34 bits per heavy atom. The molecule has 3 aromatic rings. The van der Waals surface area contributed by atoms with Gasteiger partial charge in [-0.25, -0.2) is 0 Å². The average molecular weight is 385 g/mol. The summed E-state index contributed by atoms with van der Waals surface area (Å²) in [7, 11) is 0. The lowest BCUT2D eigenvalue weighted by Crippen LogP contribution is -2.16. The van der Waals surface area contributed by atoms with Gasteiger partial charge in [-0.15, -0.1) is 0 Å². The fourth-order valence-electron chi connectivity index (χ4n) is 3.20. The molecule has 0 saturated heterocycles. The van der Waals surface area contributed by atoms with Crippen LogP contribution in [0.1, 0.15) is 59.7 Å². The molecule has 3 heteroatoms. The molecule has 3 rings (SSSR count). The van der Waals surface area contributed by atoms with Crippen molar-refractivity contribution >= 4 is 11.4 Å². The van der Waals surface area contributed by atoms with Gasteiger partial charge in [-0.05, 0) is 37.0 Å². The van der Waals surface area contributed by atoms with Gasteiger partial charge in [0, 0.05) is 22.3 Å². The van der Waals surface area contributed by atoms with E-state index in [2.05, 4.69) is 20.8 Å². The molecule has 0 aliphatic carbocycles. The van der Waals surface area contributed by atoms with Crippen LogP contribution in [-0.4, -0.2) is 16.5 Å². The molecule has 0 bridgehead atoms. The summed E-state index contributed by atoms with van der Waals surface area (Å²) in [6.45, 7) is 10.3. The van der Waals surface area contributed by atoms with Gasteiger partial charge in [-0.2, -0.15) is 0 Å². The number of aryl methyl sites for hydroxylation is 2. The Morgan fingerprint density at radius 1 is 0.690 bits per heavy atom. The first-order chi connectivity index (χ1) is 13.6. The van der Waals surface area contributed by atoms with Crippen molar-refractivity contribution in [2.24, 2.45) is 0 Å². The van der Waals surface area contributed by atoms with Crippen LogP contribution >= 0.6 is 0 Å². The molecule has 0 aliphatic rings. The molecule has 3 N–H and O–H groups in total. The van der Waals surface area contributed by atoms with Gasteiger partial charge in [-0.1, -0.05) is 80.4 Å². The van der Waals surface area contributed by atoms with Crippen molar-refractivity contribution in [3.05, 3.63) is 99.6 Å². The first-order valence-electron chi connectivity index (χ1n) is 9.77. The van der Waals surface area contributed by atoms with E-state index in [1.807, 2.05) is 74.5 Å². The van der Waals surface area contributed by atoms with Crippen molar-refractivity contribution in [1.29, 1.82) is 10.8 Å². The van der Waals surface area contributed by atoms with Crippen LogP contribution in [0.25, 0.3) is 0 Å². The van der Waals surface area contributed by atoms with E-state index in [-0.39, 0.29) is 22.6 Å². The van der Waals surface area contributed by atoms with Gasteiger partial charge in [-0.3, -0.25) is 10.8 Å². The van der Waals surface area contributed by atoms with E-state index in [4.69, 9.17) is 10.8 Å². The molecule has 0 spiro atoms. The lowest BCUT2D eigenvalue weighted by molar-refractivity contribution is 0.471. The highest BCUT2D eigenvalue weighted by Gasteiger charge is 2.23. The molecule has 0 radical (unpaired) electrons. The zero-order valence-corrected chi connectivity index (χ0v) is 17.7. The molecule has 0 aliphatic heterocycles. The summed E-state index contributed by atoms with van der Waals surface area (Å²) in [6, 6.07) is 19.2. The van der Waals surface area contributed by atoms with E-state index < -0.39 is 0 Å². The molecule has 0 fully saturated rings. The molecular formula is C26H28N2O. The first kappa shape index (κ1) is 20.5. The van der Waals surface area contributed by atoms with Gasteiger partial charge in [0.2, 0.25) is 0 Å². The summed E-state index contributed by atoms with van der Waals surface area (Å²) in [5.74, 6) is -0.0193. The van der Waals surface area contributed by atoms with Crippen molar-refractivity contribution in [2.75, 3.05) is 0 Å². The van der Waals surface area contributed by atoms with Crippen LogP contribution < -0.4 is 0 Å². The molecule has 29 heavy (non-hydrogen) atoms. The number of phenolic OH excluding ortho intramolecular Hbond substituents is 1. The Kier molecular flexibility index (Phi) is 5.43. The van der Waals surface area contributed by atoms with E-state index in [1.54, 1.807) is 0 Å². The maximum absolute atomic E-state index is 11.1. The van der Waals surface area contributed by atoms with Crippen LogP contribution in [0.4, 0.5) is 0 Å². The van der Waals surface area contributed by atoms with Gasteiger partial charge < -0.3 is 5.11 Å². The van der Waals surface area contributed by atoms with E-state index >= 15 is 0 Å². The lowest BCUT2D eigenvalue weighted by atomic mass is 9.82. The van der Waals surface area contributed by atoms with E-state index in [0.29, 0.717) is 11.1 Å². The second kappa shape index (κ2) is 7.67. The zero-order valence-electron chi connectivity index (χ0n) is 17.7. The molecule has 0 aromatic heterocycles. The quantitative estimate of drug-likeness (QED) is 0.465. The maximum Gasteiger partial charge on any atom is 0.134 e. The lowest BCUT2D eigenvalue weighted by Gasteiger charge is -2.23. The second-order valence-corrected chi connectivity index (χ2v) is 8.65. The molecule has 0 heterocycles. The zero-order chi connectivity index (χ0) is 21.3. The Labute approximate surface area is 173 Å². The van der Waals surface area contributed by atoms with Gasteiger partial charge >= 0.3 is 0 Å². The normalized spacial score (nSPS) is 11.3. The van der Waals surface area contributed by atoms with Gasteiger partial charge in [0.1, 0.15) is 5.75 Å². The number of nitrogens with one attached hydrogen (secondary N) is 2. The predicted molar refractivity (Wildman–Crippen MR) is 121 cm³/mol. The highest BCUT2D eigenvalue weighted by molar-refractivity contribution is 6.18. The maximum atomic E-state index is 11.1. The number of phenols is 1. The fourth-order valence-corrected chi connectivity index (χ4v) is 3.20. The number of hydrogen-bond donors (Lipinski definition) is 3. The van der Waals surface area contributed by atoms with Crippen LogP contribution in [0.3, 0.4) is 0 Å². The van der Waals surface area contributed by atoms with Crippen LogP contribution in [0.5, 0.6) is 5.75 Å². The second-order valence-electron chi connectivity index (χ2n) is 8.65. The largest absolute Gasteiger partial charge is 0.507 e. The van der Waals surface area contributed by atoms with Crippen LogP contribution in [-0.2, 0) is 5.41 Å². The van der Waals surface area contributed by atoms with Crippen molar-refractivity contribution in [3.8, 4) is 5.75 Å². The molecule has 148 valence electrons. The van der Waals surface area contributed by atoms with Gasteiger partial charge in [0.25, 0.3) is 0 Å². The van der Waals surface area contributed by atoms with E-state index in [1.165, 1.54) is 0 Å². The van der Waals surface area contributed by atoms with Crippen molar-refractivity contribution in [1.82, 2.24) is 0 Å². The summed E-state index contributed by atoms with van der Waals surface area (Å²) in [6.07, 6.45) is 0. The first-order valence-corrected chi connectivity index (χ1v) is 9.77. The molecular weight excluding hydrogens is 356 g/mol. The molecule has 3 nitrogen and oxygen atoms in total. The third kappa shape index (κ3) is 4.29. The minimum Gasteiger partial charge on any atom is -0.507 e. The van der Waals surface area contributed by atoms with Gasteiger partial charge in [0.15, 0.2) is 0 Å². The molecule has 0 amide bonds. The Morgan fingerprint density at radius 2 is 1.03 bits per heavy atom. The third-order valence-corrected chi connectivity index (χ3v) is 5.20. The number of rotatable bonds is 4. The third-order valence-electron chi connectivity index (χ3n) is 5.20. The van der Waals surface area contributed by atoms with Crippen molar-refractivity contribution in [2.45, 2.75) is 40.0 Å². The number of benzene rings is 3. The molecule has 0 unspecified atom stereocenters. The molecule has 3 aromatic carbocycles. The Bertz CT molecular complexity index is 991. The minimum absolute atomic E-state index is 0.0193. The number of hydrogen-bond acceptors (Lipinski definition) is 3. The van der Waals surface area contributed by atoms with Gasteiger partial charge in [0.05, 0.1) is 11.4 Å². The minimum atomic E-state index is -0.182. The Balaban J connectivity index is 2.17. The van der Waals surface area contributed by atoms with Crippen molar-refractivity contribution < 1.29 is 5.11 Å². The highest BCUT2D eigenvalue weighted by atomic mass is 16.3. The van der Waals surface area contributed by atoms with E-state index in [0.717, 1.165) is 27.8 Å².